The number of nitrogens with one attached hydrogen (secondary N) is 2. The molecule has 0 aliphatic carbocycles. The molecule has 1 aromatic rings. The van der Waals surface area contributed by atoms with Crippen LogP contribution in [0.25, 0.3) is 0 Å². The molecule has 1 aromatic carbocycles. The molecule has 0 saturated heterocycles. The summed E-state index contributed by atoms with van der Waals surface area (Å²) in [5.41, 5.74) is -0.694. The number of hydrogen-bond donors (Lipinski definition) is 2. The van der Waals surface area contributed by atoms with Gasteiger partial charge in [0.15, 0.2) is 5.96 Å². The van der Waals surface area contributed by atoms with Gasteiger partial charge in [-0.15, -0.1) is 24.0 Å². The molecular weight excluding hydrogens is 490 g/mol. The van der Waals surface area contributed by atoms with Gasteiger partial charge in [-0.3, -0.25) is 4.99 Å². The van der Waals surface area contributed by atoms with Crippen molar-refractivity contribution in [2.75, 3.05) is 53.2 Å². The molecule has 0 amide bonds. The topological polar surface area (TPSA) is 64.1 Å². The molecule has 0 atom stereocenters. The summed E-state index contributed by atoms with van der Waals surface area (Å²) in [5, 5.41) is 6.22. The number of benzene rings is 1. The van der Waals surface area contributed by atoms with Gasteiger partial charge in [-0.1, -0.05) is 0 Å². The molecule has 0 heterocycles. The lowest BCUT2D eigenvalue weighted by Crippen LogP contribution is -2.39. The number of hydrogen-bond acceptors (Lipinski definition) is 4. The monoisotopic (exact) mass is 519 g/mol. The standard InChI is InChI=1S/C18H28F3N3O3.HI/c1-3-22-17(23-9-4-11-26-14-13-25-2)24-10-12-27-16-7-5-15(6-8-16)18(19,20)21;/h5-8H,3-4,9-14H2,1-2H3,(H2,22,23,24);1H. The van der Waals surface area contributed by atoms with Crippen LogP contribution in [-0.4, -0.2) is 59.1 Å². The Morgan fingerprint density at radius 2 is 1.75 bits per heavy atom. The summed E-state index contributed by atoms with van der Waals surface area (Å²) in [5.74, 6) is 1.05. The van der Waals surface area contributed by atoms with Crippen molar-refractivity contribution in [2.24, 2.45) is 4.99 Å². The van der Waals surface area contributed by atoms with Crippen LogP contribution in [0, 0.1) is 0 Å². The third-order valence-corrected chi connectivity index (χ3v) is 3.34. The summed E-state index contributed by atoms with van der Waals surface area (Å²) >= 11 is 0. The van der Waals surface area contributed by atoms with Crippen LogP contribution >= 0.6 is 24.0 Å². The second-order valence-corrected chi connectivity index (χ2v) is 5.52. The molecule has 0 radical (unpaired) electrons. The number of guanidine groups is 1. The Morgan fingerprint density at radius 1 is 1.04 bits per heavy atom. The van der Waals surface area contributed by atoms with Crippen LogP contribution in [0.4, 0.5) is 13.2 Å². The highest BCUT2D eigenvalue weighted by Gasteiger charge is 2.29. The number of methoxy groups -OCH3 is 1. The zero-order valence-electron chi connectivity index (χ0n) is 16.2. The van der Waals surface area contributed by atoms with Gasteiger partial charge in [0, 0.05) is 26.8 Å². The second-order valence-electron chi connectivity index (χ2n) is 5.52. The smallest absolute Gasteiger partial charge is 0.416 e. The molecule has 0 unspecified atom stereocenters. The van der Waals surface area contributed by atoms with Crippen molar-refractivity contribution >= 4 is 29.9 Å². The molecule has 6 nitrogen and oxygen atoms in total. The maximum absolute atomic E-state index is 12.5. The number of halogens is 4. The Balaban J connectivity index is 0.00000729. The largest absolute Gasteiger partial charge is 0.492 e. The van der Waals surface area contributed by atoms with Crippen LogP contribution in [0.2, 0.25) is 0 Å². The van der Waals surface area contributed by atoms with E-state index >= 15 is 0 Å². The lowest BCUT2D eigenvalue weighted by molar-refractivity contribution is -0.137. The molecule has 0 spiro atoms. The quantitative estimate of drug-likeness (QED) is 0.192. The lowest BCUT2D eigenvalue weighted by Gasteiger charge is -2.12. The zero-order valence-corrected chi connectivity index (χ0v) is 18.5. The van der Waals surface area contributed by atoms with Gasteiger partial charge in [0.25, 0.3) is 0 Å². The number of nitrogens with zero attached hydrogens (tertiary/aromatic N) is 1. The molecule has 0 saturated carbocycles. The van der Waals surface area contributed by atoms with Crippen LogP contribution < -0.4 is 15.4 Å². The van der Waals surface area contributed by atoms with E-state index in [-0.39, 0.29) is 24.0 Å². The summed E-state index contributed by atoms with van der Waals surface area (Å²) in [6.07, 6.45) is -3.55. The molecule has 0 aromatic heterocycles. The first-order chi connectivity index (χ1) is 13.0. The minimum absolute atomic E-state index is 0. The van der Waals surface area contributed by atoms with E-state index in [9.17, 15) is 13.2 Å². The Bertz CT molecular complexity index is 543. The van der Waals surface area contributed by atoms with Crippen molar-refractivity contribution in [3.63, 3.8) is 0 Å². The molecule has 10 heteroatoms. The van der Waals surface area contributed by atoms with Crippen molar-refractivity contribution in [1.82, 2.24) is 10.6 Å². The van der Waals surface area contributed by atoms with Crippen molar-refractivity contribution in [2.45, 2.75) is 19.5 Å². The van der Waals surface area contributed by atoms with Crippen molar-refractivity contribution in [3.05, 3.63) is 29.8 Å². The Kier molecular flexibility index (Phi) is 14.9. The fourth-order valence-electron chi connectivity index (χ4n) is 2.02. The first-order valence-corrected chi connectivity index (χ1v) is 8.86. The van der Waals surface area contributed by atoms with E-state index in [0.29, 0.717) is 51.2 Å². The number of ether oxygens (including phenoxy) is 3. The second kappa shape index (κ2) is 15.6. The summed E-state index contributed by atoms with van der Waals surface area (Å²) < 4.78 is 53.2. The van der Waals surface area contributed by atoms with Crippen molar-refractivity contribution in [3.8, 4) is 5.75 Å². The minimum Gasteiger partial charge on any atom is -0.492 e. The number of rotatable bonds is 12. The van der Waals surface area contributed by atoms with E-state index in [0.717, 1.165) is 25.1 Å². The lowest BCUT2D eigenvalue weighted by atomic mass is 10.2. The van der Waals surface area contributed by atoms with Crippen LogP contribution in [0.5, 0.6) is 5.75 Å². The van der Waals surface area contributed by atoms with Gasteiger partial charge in [0.1, 0.15) is 12.4 Å². The summed E-state index contributed by atoms with van der Waals surface area (Å²) in [6, 6.07) is 4.63. The van der Waals surface area contributed by atoms with Gasteiger partial charge in [-0.05, 0) is 37.6 Å². The summed E-state index contributed by atoms with van der Waals surface area (Å²) in [7, 11) is 1.63. The van der Waals surface area contributed by atoms with Crippen LogP contribution in [0.1, 0.15) is 18.9 Å². The minimum atomic E-state index is -4.34. The van der Waals surface area contributed by atoms with Gasteiger partial charge >= 0.3 is 6.18 Å². The number of alkyl halides is 3. The van der Waals surface area contributed by atoms with Gasteiger partial charge in [0.2, 0.25) is 0 Å². The summed E-state index contributed by atoms with van der Waals surface area (Å²) in [4.78, 5) is 4.42. The Labute approximate surface area is 181 Å². The Morgan fingerprint density at radius 3 is 2.36 bits per heavy atom. The highest BCUT2D eigenvalue weighted by molar-refractivity contribution is 14.0. The first kappa shape index (κ1) is 26.7. The molecule has 28 heavy (non-hydrogen) atoms. The maximum Gasteiger partial charge on any atom is 0.416 e. The molecular formula is C18H29F3IN3O3. The van der Waals surface area contributed by atoms with E-state index in [4.69, 9.17) is 14.2 Å². The van der Waals surface area contributed by atoms with Gasteiger partial charge in [-0.25, -0.2) is 0 Å². The SMILES string of the molecule is CCNC(=NCCCOCCOC)NCCOc1ccc(C(F)(F)F)cc1.I. The normalized spacial score (nSPS) is 11.7. The van der Waals surface area contributed by atoms with E-state index in [2.05, 4.69) is 15.6 Å². The average Bonchev–Trinajstić information content (AvgIpc) is 2.64. The van der Waals surface area contributed by atoms with Crippen LogP contribution in [-0.2, 0) is 15.7 Å². The molecule has 0 aliphatic rings. The summed E-state index contributed by atoms with van der Waals surface area (Å²) in [6.45, 7) is 5.82. The van der Waals surface area contributed by atoms with Gasteiger partial charge in [-0.2, -0.15) is 13.2 Å². The molecule has 0 bridgehead atoms. The maximum atomic E-state index is 12.5. The van der Waals surface area contributed by atoms with Gasteiger partial charge in [0.05, 0.1) is 25.3 Å². The van der Waals surface area contributed by atoms with E-state index in [1.807, 2.05) is 6.92 Å². The predicted molar refractivity (Wildman–Crippen MR) is 114 cm³/mol. The highest BCUT2D eigenvalue weighted by Crippen LogP contribution is 2.30. The fourth-order valence-corrected chi connectivity index (χ4v) is 2.02. The van der Waals surface area contributed by atoms with E-state index in [1.54, 1.807) is 7.11 Å². The molecule has 0 fully saturated rings. The van der Waals surface area contributed by atoms with E-state index < -0.39 is 11.7 Å². The van der Waals surface area contributed by atoms with Crippen molar-refractivity contribution < 1.29 is 27.4 Å². The zero-order chi connectivity index (χ0) is 20.0. The van der Waals surface area contributed by atoms with Gasteiger partial charge < -0.3 is 24.8 Å². The average molecular weight is 519 g/mol. The highest BCUT2D eigenvalue weighted by atomic mass is 127. The molecule has 162 valence electrons. The fraction of sp³-hybridized carbons (Fsp3) is 0.611. The van der Waals surface area contributed by atoms with Crippen molar-refractivity contribution in [1.29, 1.82) is 0 Å². The molecule has 0 aliphatic heterocycles. The predicted octanol–water partition coefficient (Wildman–Crippen LogP) is 3.31. The van der Waals surface area contributed by atoms with Crippen LogP contribution in [0.3, 0.4) is 0 Å². The third-order valence-electron chi connectivity index (χ3n) is 3.34. The number of aliphatic imine (C=N–C) groups is 1. The van der Waals surface area contributed by atoms with Crippen LogP contribution in [0.15, 0.2) is 29.3 Å². The van der Waals surface area contributed by atoms with E-state index in [1.165, 1.54) is 12.1 Å². The molecule has 1 rings (SSSR count). The molecule has 2 N–H and O–H groups in total. The first-order valence-electron chi connectivity index (χ1n) is 8.86. The Hall–Kier alpha value is -1.27. The third kappa shape index (κ3) is 12.2.